The number of piperidine rings is 1. The van der Waals surface area contributed by atoms with Gasteiger partial charge in [-0.3, -0.25) is 9.79 Å². The van der Waals surface area contributed by atoms with E-state index in [9.17, 15) is 9.18 Å². The van der Waals surface area contributed by atoms with E-state index in [-0.39, 0.29) is 11.3 Å². The molecule has 0 amide bonds. The van der Waals surface area contributed by atoms with Crippen molar-refractivity contribution in [3.8, 4) is 0 Å². The van der Waals surface area contributed by atoms with Crippen LogP contribution in [-0.4, -0.2) is 49.1 Å². The van der Waals surface area contributed by atoms with Crippen molar-refractivity contribution in [2.24, 2.45) is 45.9 Å². The van der Waals surface area contributed by atoms with Gasteiger partial charge in [-0.05, 0) is 142 Å². The number of allylic oxidation sites excluding steroid dienone is 8. The van der Waals surface area contributed by atoms with Gasteiger partial charge in [-0.25, -0.2) is 8.97 Å². The lowest BCUT2D eigenvalue weighted by Crippen LogP contribution is -2.50. The number of nitrogens with one attached hydrogen (secondary N) is 1. The number of aryl methyl sites for hydroxylation is 1. The Balaban J connectivity index is 0.000000609. The van der Waals surface area contributed by atoms with Gasteiger partial charge < -0.3 is 10.1 Å². The molecule has 6 heteroatoms. The largest absolute Gasteiger partial charge is 0.379 e. The molecule has 66 heavy (non-hydrogen) atoms. The molecule has 0 spiro atoms. The normalized spacial score (nSPS) is 24.8. The van der Waals surface area contributed by atoms with Crippen molar-refractivity contribution in [2.75, 3.05) is 26.3 Å². The summed E-state index contributed by atoms with van der Waals surface area (Å²) in [7, 11) is 0. The number of rotatable bonds is 17. The molecule has 0 aromatic heterocycles. The van der Waals surface area contributed by atoms with E-state index in [0.717, 1.165) is 121 Å². The first-order chi connectivity index (χ1) is 31.3. The van der Waals surface area contributed by atoms with E-state index in [1.807, 2.05) is 40.0 Å². The van der Waals surface area contributed by atoms with Gasteiger partial charge >= 0.3 is 0 Å². The summed E-state index contributed by atoms with van der Waals surface area (Å²) in [6.07, 6.45) is 25.8. The zero-order chi connectivity index (χ0) is 49.6. The fraction of sp³-hybridized carbons (Fsp3) is 0.650. The lowest BCUT2D eigenvalue weighted by molar-refractivity contribution is -0.540. The summed E-state index contributed by atoms with van der Waals surface area (Å²) >= 11 is 0. The summed E-state index contributed by atoms with van der Waals surface area (Å²) in [4.78, 5) is 18.8. The highest BCUT2D eigenvalue weighted by Crippen LogP contribution is 2.41. The number of benzene rings is 1. The molecule has 2 aliphatic heterocycles. The maximum absolute atomic E-state index is 14.4. The summed E-state index contributed by atoms with van der Waals surface area (Å²) in [5.74, 6) is 5.05. The maximum Gasteiger partial charge on any atom is 0.150 e. The zero-order valence-corrected chi connectivity index (χ0v) is 45.0. The Morgan fingerprint density at radius 1 is 0.970 bits per heavy atom. The minimum Gasteiger partial charge on any atom is -0.379 e. The average molecular weight is 911 g/mol. The Hall–Kier alpha value is -3.64. The molecule has 2 aliphatic carbocycles. The number of Topliss-reactive ketones (excluding diaryl/α,β-unsaturated/α-hetero) is 1. The van der Waals surface area contributed by atoms with Gasteiger partial charge in [-0.2, -0.15) is 0 Å². The van der Waals surface area contributed by atoms with Crippen molar-refractivity contribution in [3.05, 3.63) is 101 Å². The maximum atomic E-state index is 14.4. The summed E-state index contributed by atoms with van der Waals surface area (Å²) in [6, 6.07) is 6.40. The number of nitrogens with zero attached hydrogens (tertiary/aromatic N) is 2. The fourth-order valence-corrected chi connectivity index (χ4v) is 9.63. The molecule has 2 heterocycles. The first-order valence-electron chi connectivity index (χ1n) is 26.1. The smallest absolute Gasteiger partial charge is 0.150 e. The molecule has 2 saturated carbocycles. The highest BCUT2D eigenvalue weighted by Gasteiger charge is 2.47. The Labute approximate surface area is 405 Å². The van der Waals surface area contributed by atoms with Gasteiger partial charge in [0.1, 0.15) is 30.9 Å². The first kappa shape index (κ1) is 58.5. The first-order valence-corrected chi connectivity index (χ1v) is 26.1. The number of ether oxygens (including phenoxy) is 1. The standard InChI is InChI=1S/C40H55FN3O2.C9H18.C7H14.C4H10/c1-11-15-36(35(41)14-4)43-32(9)31(8)37(42-20-12-2)24-29(6)33-16-17-34(30(7)23-33)40(38(45)28(5)13-3)18-21-44(22-19-40)25-39(10)26-46-27-39;1-3-8-5-6-9(4-2)7-8;1-3-7-4-6(2)5-7;1-4(2)3/h11,14-17,20,23-25,28,43H,4,6,12-13,18-19,21-22,26-27H2,1-3,5,7-10H3;8-9H,3-7H2,1-2H3;6-7H,3-5H2,1-2H3;4H,1-3H3/q+1;;;/b15-11-,32-31+,36-35-,37-24+,42-20?,44-25?;;;. The van der Waals surface area contributed by atoms with Gasteiger partial charge in [0.05, 0.1) is 35.4 Å². The summed E-state index contributed by atoms with van der Waals surface area (Å²) in [5.41, 5.74) is 6.35. The van der Waals surface area contributed by atoms with E-state index < -0.39 is 11.2 Å². The van der Waals surface area contributed by atoms with Gasteiger partial charge in [0.2, 0.25) is 0 Å². The zero-order valence-electron chi connectivity index (χ0n) is 45.0. The van der Waals surface area contributed by atoms with Gasteiger partial charge in [0.15, 0.2) is 0 Å². The molecule has 2 saturated heterocycles. The molecular weight excluding hydrogens is 814 g/mol. The van der Waals surface area contributed by atoms with Crippen molar-refractivity contribution in [2.45, 2.75) is 186 Å². The number of hydrogen-bond acceptors (Lipinski definition) is 4. The highest BCUT2D eigenvalue weighted by molar-refractivity contribution is 5.92. The third-order valence-corrected chi connectivity index (χ3v) is 14.3. The second-order valence-corrected chi connectivity index (χ2v) is 21.2. The molecule has 1 aromatic rings. The van der Waals surface area contributed by atoms with Gasteiger partial charge in [-0.15, -0.1) is 0 Å². The van der Waals surface area contributed by atoms with E-state index >= 15 is 0 Å². The lowest BCUT2D eigenvalue weighted by atomic mass is 9.65. The Kier molecular flexibility index (Phi) is 26.0. The number of hydrogen-bond donors (Lipinski definition) is 1. The number of carbonyl (C=O) groups excluding carboxylic acids is 1. The number of carbonyl (C=O) groups is 1. The van der Waals surface area contributed by atoms with Crippen LogP contribution in [0.15, 0.2) is 89.1 Å². The molecule has 370 valence electrons. The van der Waals surface area contributed by atoms with Gasteiger partial charge in [0, 0.05) is 30.7 Å². The lowest BCUT2D eigenvalue weighted by Gasteiger charge is -2.39. The van der Waals surface area contributed by atoms with Crippen molar-refractivity contribution in [3.63, 3.8) is 0 Å². The van der Waals surface area contributed by atoms with Crippen molar-refractivity contribution in [1.82, 2.24) is 5.32 Å². The van der Waals surface area contributed by atoms with Gasteiger partial charge in [0.25, 0.3) is 0 Å². The second kappa shape index (κ2) is 29.3. The Morgan fingerprint density at radius 3 is 1.95 bits per heavy atom. The summed E-state index contributed by atoms with van der Waals surface area (Å²) in [6.45, 7) is 43.2. The molecule has 5 rings (SSSR count). The monoisotopic (exact) mass is 911 g/mol. The SMILES string of the molecule is C=C/C(F)=C(\C=C/C)N/C(C)=C(C)/C(=C\C(=C)c1ccc(C2(C(=O)C(C)CC)CC[N+](=CC3(C)COC3)CC2)c(C)c1)N=CCC.CC(C)C.CCC1CC(C)C1.CCC1CCC(CC)C1. The van der Waals surface area contributed by atoms with E-state index in [1.54, 1.807) is 12.2 Å². The molecule has 1 aromatic carbocycles. The van der Waals surface area contributed by atoms with E-state index in [0.29, 0.717) is 11.5 Å². The minimum atomic E-state index is -0.506. The van der Waals surface area contributed by atoms with Crippen LogP contribution in [0.25, 0.3) is 5.57 Å². The molecule has 4 fully saturated rings. The van der Waals surface area contributed by atoms with E-state index in [1.165, 1.54) is 57.4 Å². The molecule has 0 bridgehead atoms. The third kappa shape index (κ3) is 18.1. The molecule has 5 nitrogen and oxygen atoms in total. The van der Waals surface area contributed by atoms with Crippen LogP contribution in [0.4, 0.5) is 4.39 Å². The third-order valence-electron chi connectivity index (χ3n) is 14.3. The average Bonchev–Trinajstić information content (AvgIpc) is 3.77. The van der Waals surface area contributed by atoms with Crippen LogP contribution in [0.1, 0.15) is 191 Å². The van der Waals surface area contributed by atoms with Crippen molar-refractivity contribution < 1.29 is 18.5 Å². The van der Waals surface area contributed by atoms with Gasteiger partial charge in [-0.1, -0.05) is 139 Å². The van der Waals surface area contributed by atoms with Crippen LogP contribution < -0.4 is 5.32 Å². The highest BCUT2D eigenvalue weighted by atomic mass is 19.1. The summed E-state index contributed by atoms with van der Waals surface area (Å²) < 4.78 is 22.3. The Bertz CT molecular complexity index is 1860. The number of aliphatic imine (C=N–C) groups is 1. The van der Waals surface area contributed by atoms with Crippen molar-refractivity contribution >= 4 is 23.8 Å². The van der Waals surface area contributed by atoms with Crippen molar-refractivity contribution in [1.29, 1.82) is 0 Å². The van der Waals surface area contributed by atoms with Crippen LogP contribution in [0.5, 0.6) is 0 Å². The van der Waals surface area contributed by atoms with Crippen LogP contribution in [0.3, 0.4) is 0 Å². The quantitative estimate of drug-likeness (QED) is 0.0962. The van der Waals surface area contributed by atoms with E-state index in [4.69, 9.17) is 9.73 Å². The summed E-state index contributed by atoms with van der Waals surface area (Å²) in [5, 5.41) is 3.18. The second-order valence-electron chi connectivity index (χ2n) is 21.2. The molecule has 1 N–H and O–H groups in total. The molecule has 4 aliphatic rings. The topological polar surface area (TPSA) is 53.7 Å². The van der Waals surface area contributed by atoms with Crippen LogP contribution in [0.2, 0.25) is 0 Å². The van der Waals surface area contributed by atoms with Crippen LogP contribution >= 0.6 is 0 Å². The van der Waals surface area contributed by atoms with Crippen LogP contribution in [0, 0.1) is 47.8 Å². The van der Waals surface area contributed by atoms with E-state index in [2.05, 4.69) is 124 Å². The number of ketones is 1. The predicted molar refractivity (Wildman–Crippen MR) is 286 cm³/mol. The molecule has 0 radical (unpaired) electrons. The Morgan fingerprint density at radius 2 is 1.55 bits per heavy atom. The van der Waals surface area contributed by atoms with Crippen LogP contribution in [-0.2, 0) is 14.9 Å². The minimum absolute atomic E-state index is 0.00113. The molecular formula is C60H97FN3O2+. The predicted octanol–water partition coefficient (Wildman–Crippen LogP) is 16.3. The molecule has 3 unspecified atom stereocenters. The number of halogens is 1. The molecule has 3 atom stereocenters. The fourth-order valence-electron chi connectivity index (χ4n) is 9.63.